The number of nitrogens with one attached hydrogen (secondary N) is 1. The minimum Gasteiger partial charge on any atom is -0.454 e. The first-order valence-corrected chi connectivity index (χ1v) is 6.00. The highest BCUT2D eigenvalue weighted by atomic mass is 16.7. The van der Waals surface area contributed by atoms with E-state index in [1.54, 1.807) is 0 Å². The number of aryl methyl sites for hydroxylation is 1. The maximum atomic E-state index is 11.1. The molecule has 96 valence electrons. The lowest BCUT2D eigenvalue weighted by molar-refractivity contribution is 0.0654. The SMILES string of the molecule is CC1(CCc2ccc3c(c2)OCO3)CNC(=O)O1. The molecule has 1 aromatic carbocycles. The highest BCUT2D eigenvalue weighted by Crippen LogP contribution is 2.33. The van der Waals surface area contributed by atoms with E-state index in [2.05, 4.69) is 5.32 Å². The van der Waals surface area contributed by atoms with Crippen LogP contribution >= 0.6 is 0 Å². The highest BCUT2D eigenvalue weighted by Gasteiger charge is 2.35. The van der Waals surface area contributed by atoms with Crippen molar-refractivity contribution in [3.8, 4) is 11.5 Å². The number of amides is 1. The van der Waals surface area contributed by atoms with E-state index in [0.717, 1.165) is 29.9 Å². The fourth-order valence-electron chi connectivity index (χ4n) is 2.20. The van der Waals surface area contributed by atoms with Crippen LogP contribution in [0.25, 0.3) is 0 Å². The van der Waals surface area contributed by atoms with E-state index in [1.165, 1.54) is 0 Å². The molecule has 1 N–H and O–H groups in total. The number of cyclic esters (lactones) is 1. The first-order chi connectivity index (χ1) is 8.65. The van der Waals surface area contributed by atoms with E-state index in [1.807, 2.05) is 25.1 Å². The van der Waals surface area contributed by atoms with E-state index in [4.69, 9.17) is 14.2 Å². The van der Waals surface area contributed by atoms with Gasteiger partial charge in [0.05, 0.1) is 6.54 Å². The molecule has 3 rings (SSSR count). The molecule has 0 spiro atoms. The van der Waals surface area contributed by atoms with Crippen molar-refractivity contribution in [2.24, 2.45) is 0 Å². The van der Waals surface area contributed by atoms with Gasteiger partial charge in [-0.25, -0.2) is 4.79 Å². The van der Waals surface area contributed by atoms with Crippen LogP contribution in [-0.2, 0) is 11.2 Å². The van der Waals surface area contributed by atoms with Crippen molar-refractivity contribution in [1.29, 1.82) is 0 Å². The third-order valence-corrected chi connectivity index (χ3v) is 3.33. The predicted molar refractivity (Wildman–Crippen MR) is 63.8 cm³/mol. The fourth-order valence-corrected chi connectivity index (χ4v) is 2.20. The third kappa shape index (κ3) is 2.08. The first kappa shape index (κ1) is 11.2. The largest absolute Gasteiger partial charge is 0.454 e. The second-order valence-electron chi connectivity index (χ2n) is 4.88. The van der Waals surface area contributed by atoms with Gasteiger partial charge in [-0.2, -0.15) is 0 Å². The Labute approximate surface area is 105 Å². The zero-order valence-electron chi connectivity index (χ0n) is 10.2. The maximum absolute atomic E-state index is 11.1. The van der Waals surface area contributed by atoms with Gasteiger partial charge in [-0.1, -0.05) is 6.07 Å². The fraction of sp³-hybridized carbons (Fsp3) is 0.462. The summed E-state index contributed by atoms with van der Waals surface area (Å²) in [5.41, 5.74) is 0.747. The summed E-state index contributed by atoms with van der Waals surface area (Å²) < 4.78 is 15.9. The average molecular weight is 249 g/mol. The number of ether oxygens (including phenoxy) is 3. The zero-order chi connectivity index (χ0) is 12.6. The Morgan fingerprint density at radius 1 is 1.33 bits per heavy atom. The van der Waals surface area contributed by atoms with E-state index in [0.29, 0.717) is 6.54 Å². The number of rotatable bonds is 3. The minimum atomic E-state index is -0.409. The molecule has 0 aliphatic carbocycles. The molecular formula is C13H15NO4. The van der Waals surface area contributed by atoms with Crippen LogP contribution < -0.4 is 14.8 Å². The number of alkyl carbamates (subject to hydrolysis) is 1. The van der Waals surface area contributed by atoms with Crippen molar-refractivity contribution in [3.63, 3.8) is 0 Å². The topological polar surface area (TPSA) is 56.8 Å². The molecule has 5 nitrogen and oxygen atoms in total. The third-order valence-electron chi connectivity index (χ3n) is 3.33. The Balaban J connectivity index is 1.65. The van der Waals surface area contributed by atoms with Crippen molar-refractivity contribution < 1.29 is 19.0 Å². The summed E-state index contributed by atoms with van der Waals surface area (Å²) in [6.07, 6.45) is 1.29. The van der Waals surface area contributed by atoms with Crippen LogP contribution in [0.2, 0.25) is 0 Å². The van der Waals surface area contributed by atoms with Crippen LogP contribution in [0, 0.1) is 0 Å². The number of benzene rings is 1. The van der Waals surface area contributed by atoms with Crippen molar-refractivity contribution in [2.75, 3.05) is 13.3 Å². The monoisotopic (exact) mass is 249 g/mol. The molecule has 0 aromatic heterocycles. The van der Waals surface area contributed by atoms with Gasteiger partial charge >= 0.3 is 6.09 Å². The molecule has 2 aliphatic heterocycles. The van der Waals surface area contributed by atoms with Gasteiger partial charge < -0.3 is 19.5 Å². The summed E-state index contributed by atoms with van der Waals surface area (Å²) in [6.45, 7) is 2.80. The predicted octanol–water partition coefficient (Wildman–Crippen LogP) is 1.85. The molecule has 0 saturated carbocycles. The number of hydrogen-bond donors (Lipinski definition) is 1. The van der Waals surface area contributed by atoms with Gasteiger partial charge in [0.2, 0.25) is 6.79 Å². The van der Waals surface area contributed by atoms with Gasteiger partial charge in [-0.15, -0.1) is 0 Å². The van der Waals surface area contributed by atoms with Crippen molar-refractivity contribution in [3.05, 3.63) is 23.8 Å². The number of fused-ring (bicyclic) bond motifs is 1. The van der Waals surface area contributed by atoms with E-state index >= 15 is 0 Å². The number of hydrogen-bond acceptors (Lipinski definition) is 4. The molecule has 1 unspecified atom stereocenters. The Kier molecular flexibility index (Phi) is 2.54. The van der Waals surface area contributed by atoms with Gasteiger partial charge in [0.1, 0.15) is 5.60 Å². The van der Waals surface area contributed by atoms with Gasteiger partial charge in [0.15, 0.2) is 11.5 Å². The van der Waals surface area contributed by atoms with Gasteiger partial charge in [-0.05, 0) is 37.5 Å². The lowest BCUT2D eigenvalue weighted by Gasteiger charge is -2.20. The Morgan fingerprint density at radius 3 is 2.94 bits per heavy atom. The van der Waals surface area contributed by atoms with Gasteiger partial charge in [0.25, 0.3) is 0 Å². The molecule has 5 heteroatoms. The Hall–Kier alpha value is -1.91. The number of carbonyl (C=O) groups excluding carboxylic acids is 1. The summed E-state index contributed by atoms with van der Waals surface area (Å²) in [6, 6.07) is 5.91. The van der Waals surface area contributed by atoms with E-state index < -0.39 is 5.60 Å². The summed E-state index contributed by atoms with van der Waals surface area (Å²) in [5, 5.41) is 2.68. The van der Waals surface area contributed by atoms with Crippen molar-refractivity contribution in [2.45, 2.75) is 25.4 Å². The molecule has 1 aromatic rings. The molecule has 0 radical (unpaired) electrons. The van der Waals surface area contributed by atoms with Gasteiger partial charge in [0, 0.05) is 0 Å². The number of carbonyl (C=O) groups is 1. The molecule has 0 bridgehead atoms. The average Bonchev–Trinajstić information content (AvgIpc) is 2.93. The molecule has 2 heterocycles. The summed E-state index contributed by atoms with van der Waals surface area (Å²) in [7, 11) is 0. The molecule has 1 atom stereocenters. The van der Waals surface area contributed by atoms with E-state index in [-0.39, 0.29) is 12.9 Å². The summed E-state index contributed by atoms with van der Waals surface area (Å²) >= 11 is 0. The van der Waals surface area contributed by atoms with Crippen LogP contribution in [0.4, 0.5) is 4.79 Å². The van der Waals surface area contributed by atoms with Gasteiger partial charge in [-0.3, -0.25) is 0 Å². The smallest absolute Gasteiger partial charge is 0.407 e. The van der Waals surface area contributed by atoms with Crippen LogP contribution in [0.15, 0.2) is 18.2 Å². The van der Waals surface area contributed by atoms with Crippen molar-refractivity contribution in [1.82, 2.24) is 5.32 Å². The van der Waals surface area contributed by atoms with Crippen LogP contribution in [-0.4, -0.2) is 25.0 Å². The summed E-state index contributed by atoms with van der Waals surface area (Å²) in [4.78, 5) is 11.1. The normalized spacial score (nSPS) is 24.8. The van der Waals surface area contributed by atoms with E-state index in [9.17, 15) is 4.79 Å². The van der Waals surface area contributed by atoms with Crippen LogP contribution in [0.3, 0.4) is 0 Å². The molecule has 2 aliphatic rings. The van der Waals surface area contributed by atoms with Crippen LogP contribution in [0.5, 0.6) is 11.5 Å². The maximum Gasteiger partial charge on any atom is 0.407 e. The lowest BCUT2D eigenvalue weighted by atomic mass is 9.97. The Morgan fingerprint density at radius 2 is 2.17 bits per heavy atom. The standard InChI is InChI=1S/C13H15NO4/c1-13(7-14-12(15)18-13)5-4-9-2-3-10-11(6-9)17-8-16-10/h2-3,6H,4-5,7-8H2,1H3,(H,14,15). The molecule has 1 saturated heterocycles. The Bertz CT molecular complexity index is 488. The molecule has 1 fully saturated rings. The van der Waals surface area contributed by atoms with Crippen molar-refractivity contribution >= 4 is 6.09 Å². The minimum absolute atomic E-state index is 0.290. The highest BCUT2D eigenvalue weighted by molar-refractivity contribution is 5.70. The first-order valence-electron chi connectivity index (χ1n) is 6.00. The molecular weight excluding hydrogens is 234 g/mol. The molecule has 1 amide bonds. The summed E-state index contributed by atoms with van der Waals surface area (Å²) in [5.74, 6) is 1.58. The quantitative estimate of drug-likeness (QED) is 0.888. The zero-order valence-corrected chi connectivity index (χ0v) is 10.2. The van der Waals surface area contributed by atoms with Crippen LogP contribution in [0.1, 0.15) is 18.9 Å². The second kappa shape index (κ2) is 4.08. The molecule has 18 heavy (non-hydrogen) atoms. The lowest BCUT2D eigenvalue weighted by Crippen LogP contribution is -2.29. The second-order valence-corrected chi connectivity index (χ2v) is 4.88.